The van der Waals surface area contributed by atoms with Crippen LogP contribution >= 0.6 is 23.2 Å². The lowest BCUT2D eigenvalue weighted by Crippen LogP contribution is -2.26. The van der Waals surface area contributed by atoms with Gasteiger partial charge in [-0.25, -0.2) is 0 Å². The molecule has 1 aromatic heterocycles. The standard InChI is InChI=1S/C16H14Cl2N2O2/c17-12-4-1-5-13(18)16(12)14(21)10-20-15(22)7-6-11-3-2-8-19-9-11/h1-9,14,21H,10H2,(H,20,22)/b7-6+. The Labute approximate surface area is 138 Å². The van der Waals surface area contributed by atoms with Crippen LogP contribution in [-0.2, 0) is 4.79 Å². The molecule has 1 amide bonds. The average molecular weight is 337 g/mol. The largest absolute Gasteiger partial charge is 0.386 e. The Hall–Kier alpha value is -1.88. The number of pyridine rings is 1. The van der Waals surface area contributed by atoms with E-state index in [1.54, 1.807) is 42.7 Å². The highest BCUT2D eigenvalue weighted by molar-refractivity contribution is 6.36. The van der Waals surface area contributed by atoms with Gasteiger partial charge in [0, 0.05) is 40.6 Å². The van der Waals surface area contributed by atoms with Crippen LogP contribution in [0.4, 0.5) is 0 Å². The number of nitrogens with zero attached hydrogens (tertiary/aromatic N) is 1. The molecule has 0 bridgehead atoms. The second-order valence-electron chi connectivity index (χ2n) is 4.52. The van der Waals surface area contributed by atoms with Gasteiger partial charge in [-0.3, -0.25) is 9.78 Å². The van der Waals surface area contributed by atoms with Crippen LogP contribution in [0.2, 0.25) is 10.0 Å². The molecular weight excluding hydrogens is 323 g/mol. The highest BCUT2D eigenvalue weighted by Crippen LogP contribution is 2.29. The van der Waals surface area contributed by atoms with E-state index < -0.39 is 6.10 Å². The fourth-order valence-corrected chi connectivity index (χ4v) is 2.48. The third-order valence-corrected chi connectivity index (χ3v) is 3.57. The molecule has 2 aromatic rings. The number of benzene rings is 1. The zero-order valence-electron chi connectivity index (χ0n) is 11.5. The number of carbonyl (C=O) groups excluding carboxylic acids is 1. The highest BCUT2D eigenvalue weighted by atomic mass is 35.5. The van der Waals surface area contributed by atoms with Crippen molar-refractivity contribution in [2.24, 2.45) is 0 Å². The number of rotatable bonds is 5. The van der Waals surface area contributed by atoms with Crippen molar-refractivity contribution in [3.8, 4) is 0 Å². The number of halogens is 2. The fraction of sp³-hybridized carbons (Fsp3) is 0.125. The minimum atomic E-state index is -0.975. The van der Waals surface area contributed by atoms with E-state index in [1.807, 2.05) is 6.07 Å². The molecular formula is C16H14Cl2N2O2. The molecule has 0 fully saturated rings. The van der Waals surface area contributed by atoms with Crippen molar-refractivity contribution >= 4 is 35.2 Å². The number of carbonyl (C=O) groups is 1. The molecule has 0 aliphatic heterocycles. The molecule has 0 aliphatic rings. The fourth-order valence-electron chi connectivity index (χ4n) is 1.83. The molecule has 0 saturated carbocycles. The van der Waals surface area contributed by atoms with Crippen LogP contribution in [-0.4, -0.2) is 22.5 Å². The van der Waals surface area contributed by atoms with E-state index in [4.69, 9.17) is 23.2 Å². The maximum atomic E-state index is 11.7. The predicted molar refractivity (Wildman–Crippen MR) is 87.7 cm³/mol. The first-order valence-electron chi connectivity index (χ1n) is 6.56. The second kappa shape index (κ2) is 7.94. The molecule has 0 spiro atoms. The van der Waals surface area contributed by atoms with E-state index in [0.717, 1.165) is 5.56 Å². The summed E-state index contributed by atoms with van der Waals surface area (Å²) in [4.78, 5) is 15.7. The van der Waals surface area contributed by atoms with Crippen LogP contribution in [0.5, 0.6) is 0 Å². The highest BCUT2D eigenvalue weighted by Gasteiger charge is 2.15. The van der Waals surface area contributed by atoms with Gasteiger partial charge in [0.2, 0.25) is 5.91 Å². The maximum Gasteiger partial charge on any atom is 0.244 e. The van der Waals surface area contributed by atoms with Crippen molar-refractivity contribution < 1.29 is 9.90 Å². The lowest BCUT2D eigenvalue weighted by Gasteiger charge is -2.14. The number of hydrogen-bond donors (Lipinski definition) is 2. The topological polar surface area (TPSA) is 62.2 Å². The number of aromatic nitrogens is 1. The molecule has 0 radical (unpaired) electrons. The van der Waals surface area contributed by atoms with E-state index in [9.17, 15) is 9.90 Å². The van der Waals surface area contributed by atoms with Gasteiger partial charge in [0.1, 0.15) is 0 Å². The van der Waals surface area contributed by atoms with E-state index in [2.05, 4.69) is 10.3 Å². The zero-order valence-corrected chi connectivity index (χ0v) is 13.1. The molecule has 2 rings (SSSR count). The van der Waals surface area contributed by atoms with E-state index in [-0.39, 0.29) is 12.5 Å². The first kappa shape index (κ1) is 16.5. The molecule has 6 heteroatoms. The van der Waals surface area contributed by atoms with E-state index in [0.29, 0.717) is 15.6 Å². The Morgan fingerprint density at radius 1 is 1.27 bits per heavy atom. The summed E-state index contributed by atoms with van der Waals surface area (Å²) in [6.07, 6.45) is 5.33. The van der Waals surface area contributed by atoms with Crippen molar-refractivity contribution in [2.45, 2.75) is 6.10 Å². The van der Waals surface area contributed by atoms with Crippen LogP contribution < -0.4 is 5.32 Å². The van der Waals surface area contributed by atoms with Gasteiger partial charge in [-0.1, -0.05) is 35.3 Å². The number of aliphatic hydroxyl groups excluding tert-OH is 1. The number of aliphatic hydroxyl groups is 1. The molecule has 1 heterocycles. The van der Waals surface area contributed by atoms with Gasteiger partial charge in [0.05, 0.1) is 6.10 Å². The molecule has 1 atom stereocenters. The minimum absolute atomic E-state index is 0.0136. The summed E-state index contributed by atoms with van der Waals surface area (Å²) in [6.45, 7) is 0.0136. The van der Waals surface area contributed by atoms with E-state index >= 15 is 0 Å². The molecule has 114 valence electrons. The predicted octanol–water partition coefficient (Wildman–Crippen LogP) is 3.25. The maximum absolute atomic E-state index is 11.7. The van der Waals surface area contributed by atoms with Crippen molar-refractivity contribution in [1.82, 2.24) is 10.3 Å². The molecule has 22 heavy (non-hydrogen) atoms. The van der Waals surface area contributed by atoms with Crippen LogP contribution in [0.1, 0.15) is 17.2 Å². The van der Waals surface area contributed by atoms with Crippen LogP contribution in [0.25, 0.3) is 6.08 Å². The van der Waals surface area contributed by atoms with Crippen molar-refractivity contribution in [3.63, 3.8) is 0 Å². The Balaban J connectivity index is 1.92. The van der Waals surface area contributed by atoms with Crippen LogP contribution in [0, 0.1) is 0 Å². The van der Waals surface area contributed by atoms with Gasteiger partial charge in [-0.2, -0.15) is 0 Å². The molecule has 0 saturated heterocycles. The Bertz CT molecular complexity index is 655. The summed E-state index contributed by atoms with van der Waals surface area (Å²) in [5.41, 5.74) is 1.22. The molecule has 4 nitrogen and oxygen atoms in total. The second-order valence-corrected chi connectivity index (χ2v) is 5.33. The van der Waals surface area contributed by atoms with Gasteiger partial charge < -0.3 is 10.4 Å². The lowest BCUT2D eigenvalue weighted by atomic mass is 10.1. The van der Waals surface area contributed by atoms with Crippen molar-refractivity contribution in [2.75, 3.05) is 6.54 Å². The first-order chi connectivity index (χ1) is 10.6. The van der Waals surface area contributed by atoms with Gasteiger partial charge in [0.25, 0.3) is 0 Å². The van der Waals surface area contributed by atoms with Gasteiger partial charge in [-0.15, -0.1) is 0 Å². The van der Waals surface area contributed by atoms with Crippen LogP contribution in [0.15, 0.2) is 48.8 Å². The lowest BCUT2D eigenvalue weighted by molar-refractivity contribution is -0.116. The zero-order chi connectivity index (χ0) is 15.9. The van der Waals surface area contributed by atoms with Gasteiger partial charge in [0.15, 0.2) is 0 Å². The molecule has 1 unspecified atom stereocenters. The normalized spacial score (nSPS) is 12.3. The smallest absolute Gasteiger partial charge is 0.244 e. The third kappa shape index (κ3) is 4.56. The Morgan fingerprint density at radius 2 is 2.00 bits per heavy atom. The Morgan fingerprint density at radius 3 is 2.64 bits per heavy atom. The minimum Gasteiger partial charge on any atom is -0.386 e. The summed E-state index contributed by atoms with van der Waals surface area (Å²) in [5, 5.41) is 13.4. The summed E-state index contributed by atoms with van der Waals surface area (Å²) in [7, 11) is 0. The van der Waals surface area contributed by atoms with Gasteiger partial charge in [-0.05, 0) is 29.8 Å². The third-order valence-electron chi connectivity index (χ3n) is 2.91. The summed E-state index contributed by atoms with van der Waals surface area (Å²) in [6, 6.07) is 8.57. The van der Waals surface area contributed by atoms with Crippen LogP contribution in [0.3, 0.4) is 0 Å². The summed E-state index contributed by atoms with van der Waals surface area (Å²) >= 11 is 12.0. The summed E-state index contributed by atoms with van der Waals surface area (Å²) < 4.78 is 0. The van der Waals surface area contributed by atoms with Crippen molar-refractivity contribution in [1.29, 1.82) is 0 Å². The van der Waals surface area contributed by atoms with E-state index in [1.165, 1.54) is 6.08 Å². The Kier molecular flexibility index (Phi) is 5.95. The molecule has 1 aromatic carbocycles. The number of amides is 1. The number of nitrogens with one attached hydrogen (secondary N) is 1. The van der Waals surface area contributed by atoms with Crippen molar-refractivity contribution in [3.05, 3.63) is 70.0 Å². The summed E-state index contributed by atoms with van der Waals surface area (Å²) in [5.74, 6) is -0.328. The van der Waals surface area contributed by atoms with Gasteiger partial charge >= 0.3 is 0 Å². The monoisotopic (exact) mass is 336 g/mol. The first-order valence-corrected chi connectivity index (χ1v) is 7.31. The SMILES string of the molecule is O=C(/C=C/c1cccnc1)NCC(O)c1c(Cl)cccc1Cl. The molecule has 0 aliphatic carbocycles. The average Bonchev–Trinajstić information content (AvgIpc) is 2.52. The quantitative estimate of drug-likeness (QED) is 0.824. The number of hydrogen-bond acceptors (Lipinski definition) is 3. The molecule has 2 N–H and O–H groups in total.